The van der Waals surface area contributed by atoms with Gasteiger partial charge in [-0.15, -0.1) is 0 Å². The van der Waals surface area contributed by atoms with Crippen molar-refractivity contribution in [1.29, 1.82) is 0 Å². The molecule has 1 amide bonds. The maximum absolute atomic E-state index is 12.5. The van der Waals surface area contributed by atoms with Crippen LogP contribution < -0.4 is 10.6 Å². The molecule has 2 N–H and O–H groups in total. The number of nitrogens with zero attached hydrogens (tertiary/aromatic N) is 1. The molecule has 1 heterocycles. The number of carbonyl (C=O) groups excluding carboxylic acids is 1. The van der Waals surface area contributed by atoms with Gasteiger partial charge in [-0.2, -0.15) is 0 Å². The predicted octanol–water partition coefficient (Wildman–Crippen LogP) is 3.50. The topological polar surface area (TPSA) is 44.4 Å². The fraction of sp³-hybridized carbons (Fsp3) is 0.0952. The molecule has 3 rings (SSSR count). The van der Waals surface area contributed by atoms with Crippen molar-refractivity contribution in [3.05, 3.63) is 102 Å². The van der Waals surface area contributed by atoms with Crippen LogP contribution in [-0.2, 0) is 11.3 Å². The van der Waals surface area contributed by atoms with E-state index in [0.717, 1.165) is 16.8 Å². The molecule has 0 spiro atoms. The molecule has 2 aromatic carbocycles. The normalized spacial score (nSPS) is 15.6. The number of hydrogen-bond acceptors (Lipinski definition) is 3. The minimum atomic E-state index is -0.168. The lowest BCUT2D eigenvalue weighted by atomic mass is 10.1. The molecule has 2 aromatic rings. The number of nitrogens with one attached hydrogen (secondary N) is 2. The summed E-state index contributed by atoms with van der Waals surface area (Å²) in [7, 11) is 0. The Kier molecular flexibility index (Phi) is 5.00. The first-order chi connectivity index (χ1) is 12.2. The molecule has 0 bridgehead atoms. The lowest BCUT2D eigenvalue weighted by molar-refractivity contribution is -0.117. The van der Waals surface area contributed by atoms with E-state index in [1.165, 1.54) is 5.56 Å². The molecule has 0 fully saturated rings. The van der Waals surface area contributed by atoms with Gasteiger partial charge in [-0.1, -0.05) is 66.7 Å². The Balaban J connectivity index is 1.77. The summed E-state index contributed by atoms with van der Waals surface area (Å²) >= 11 is 0. The number of carbonyl (C=O) groups is 1. The van der Waals surface area contributed by atoms with Crippen LogP contribution >= 0.6 is 0 Å². The monoisotopic (exact) mass is 331 g/mol. The van der Waals surface area contributed by atoms with Crippen LogP contribution in [0.2, 0.25) is 0 Å². The van der Waals surface area contributed by atoms with Crippen molar-refractivity contribution in [2.24, 2.45) is 0 Å². The third-order valence-corrected chi connectivity index (χ3v) is 3.97. The second-order valence-corrected chi connectivity index (χ2v) is 5.85. The molecule has 1 aliphatic rings. The number of benzene rings is 2. The highest BCUT2D eigenvalue weighted by atomic mass is 16.2. The third-order valence-electron chi connectivity index (χ3n) is 3.97. The zero-order valence-corrected chi connectivity index (χ0v) is 14.2. The Morgan fingerprint density at radius 3 is 2.52 bits per heavy atom. The summed E-state index contributed by atoms with van der Waals surface area (Å²) < 4.78 is 0. The van der Waals surface area contributed by atoms with Crippen LogP contribution in [0.5, 0.6) is 0 Å². The van der Waals surface area contributed by atoms with Gasteiger partial charge in [0.05, 0.1) is 5.70 Å². The highest BCUT2D eigenvalue weighted by Crippen LogP contribution is 2.21. The van der Waals surface area contributed by atoms with Crippen LogP contribution in [0.1, 0.15) is 16.7 Å². The van der Waals surface area contributed by atoms with Crippen LogP contribution in [0.4, 0.5) is 0 Å². The first-order valence-corrected chi connectivity index (χ1v) is 8.16. The van der Waals surface area contributed by atoms with Gasteiger partial charge in [-0.25, -0.2) is 0 Å². The lowest BCUT2D eigenvalue weighted by Gasteiger charge is -2.26. The molecule has 0 radical (unpaired) electrons. The van der Waals surface area contributed by atoms with Crippen LogP contribution in [0.25, 0.3) is 5.70 Å². The van der Waals surface area contributed by atoms with Crippen LogP contribution in [0.3, 0.4) is 0 Å². The third kappa shape index (κ3) is 3.98. The van der Waals surface area contributed by atoms with E-state index < -0.39 is 0 Å². The Morgan fingerprint density at radius 2 is 1.84 bits per heavy atom. The molecule has 0 saturated heterocycles. The van der Waals surface area contributed by atoms with Crippen molar-refractivity contribution in [2.75, 3.05) is 0 Å². The van der Waals surface area contributed by atoms with Crippen molar-refractivity contribution in [3.8, 4) is 0 Å². The average Bonchev–Trinajstić information content (AvgIpc) is 2.64. The zero-order valence-electron chi connectivity index (χ0n) is 14.2. The molecular formula is C21H21N3O. The van der Waals surface area contributed by atoms with Gasteiger partial charge in [0.1, 0.15) is 5.70 Å². The van der Waals surface area contributed by atoms with Crippen LogP contribution in [-0.4, -0.2) is 10.8 Å². The van der Waals surface area contributed by atoms with Crippen molar-refractivity contribution in [2.45, 2.75) is 13.5 Å². The van der Waals surface area contributed by atoms with E-state index in [9.17, 15) is 4.79 Å². The second-order valence-electron chi connectivity index (χ2n) is 5.85. The Bertz CT molecular complexity index is 820. The summed E-state index contributed by atoms with van der Waals surface area (Å²) in [6, 6.07) is 18.1. The van der Waals surface area contributed by atoms with Crippen LogP contribution in [0.15, 0.2) is 85.5 Å². The van der Waals surface area contributed by atoms with Gasteiger partial charge in [-0.05, 0) is 18.1 Å². The fourth-order valence-corrected chi connectivity index (χ4v) is 2.58. The summed E-state index contributed by atoms with van der Waals surface area (Å²) in [5, 5.41) is 6.13. The molecular weight excluding hydrogens is 310 g/mol. The van der Waals surface area contributed by atoms with Gasteiger partial charge >= 0.3 is 0 Å². The highest BCUT2D eigenvalue weighted by Gasteiger charge is 2.22. The van der Waals surface area contributed by atoms with E-state index in [2.05, 4.69) is 17.2 Å². The maximum atomic E-state index is 12.5. The number of hydrogen-bond donors (Lipinski definition) is 2. The molecule has 0 aliphatic carbocycles. The van der Waals surface area contributed by atoms with Gasteiger partial charge in [0.15, 0.2) is 0 Å². The minimum Gasteiger partial charge on any atom is -0.385 e. The zero-order chi connectivity index (χ0) is 17.6. The fourth-order valence-electron chi connectivity index (χ4n) is 2.58. The molecule has 1 aliphatic heterocycles. The minimum absolute atomic E-state index is 0.168. The van der Waals surface area contributed by atoms with Gasteiger partial charge < -0.3 is 15.5 Å². The van der Waals surface area contributed by atoms with E-state index in [1.54, 1.807) is 17.3 Å². The van der Waals surface area contributed by atoms with Crippen LogP contribution in [0, 0.1) is 6.92 Å². The summed E-state index contributed by atoms with van der Waals surface area (Å²) in [6.07, 6.45) is 5.21. The Labute approximate surface area is 148 Å². The predicted molar refractivity (Wildman–Crippen MR) is 101 cm³/mol. The Morgan fingerprint density at radius 1 is 1.12 bits per heavy atom. The molecule has 4 heteroatoms. The second kappa shape index (κ2) is 7.53. The SMILES string of the molecule is C=CN1C=C(c2ccc(C)cc2)NC(=O)/C1=C/NCc1ccccc1. The maximum Gasteiger partial charge on any atom is 0.274 e. The summed E-state index contributed by atoms with van der Waals surface area (Å²) in [5.41, 5.74) is 4.54. The van der Waals surface area contributed by atoms with E-state index in [0.29, 0.717) is 12.2 Å². The van der Waals surface area contributed by atoms with E-state index >= 15 is 0 Å². The van der Waals surface area contributed by atoms with E-state index in [4.69, 9.17) is 0 Å². The summed E-state index contributed by atoms with van der Waals surface area (Å²) in [6.45, 7) is 6.49. The van der Waals surface area contributed by atoms with Crippen molar-refractivity contribution >= 4 is 11.6 Å². The van der Waals surface area contributed by atoms with E-state index in [-0.39, 0.29) is 5.91 Å². The first kappa shape index (κ1) is 16.6. The van der Waals surface area contributed by atoms with Crippen molar-refractivity contribution in [3.63, 3.8) is 0 Å². The smallest absolute Gasteiger partial charge is 0.274 e. The average molecular weight is 331 g/mol. The number of amides is 1. The molecule has 0 saturated carbocycles. The van der Waals surface area contributed by atoms with Crippen molar-refractivity contribution in [1.82, 2.24) is 15.5 Å². The molecule has 0 unspecified atom stereocenters. The van der Waals surface area contributed by atoms with Gasteiger partial charge in [0.25, 0.3) is 5.91 Å². The lowest BCUT2D eigenvalue weighted by Crippen LogP contribution is -2.36. The highest BCUT2D eigenvalue weighted by molar-refractivity contribution is 6.00. The first-order valence-electron chi connectivity index (χ1n) is 8.16. The largest absolute Gasteiger partial charge is 0.385 e. The quantitative estimate of drug-likeness (QED) is 0.824. The molecule has 0 atom stereocenters. The van der Waals surface area contributed by atoms with Crippen molar-refractivity contribution < 1.29 is 4.79 Å². The molecule has 4 nitrogen and oxygen atoms in total. The van der Waals surface area contributed by atoms with Gasteiger partial charge in [0.2, 0.25) is 0 Å². The van der Waals surface area contributed by atoms with E-state index in [1.807, 2.05) is 67.7 Å². The molecule has 126 valence electrons. The molecule has 0 aromatic heterocycles. The summed E-state index contributed by atoms with van der Waals surface area (Å²) in [4.78, 5) is 14.2. The standard InChI is InChI=1S/C21H21N3O/c1-3-24-15-19(18-11-9-16(2)10-12-18)23-21(25)20(24)14-22-13-17-7-5-4-6-8-17/h3-12,14-15,22H,1,13H2,2H3,(H,23,25)/b20-14-. The Hall–Kier alpha value is -3.27. The number of rotatable bonds is 5. The number of aryl methyl sites for hydroxylation is 1. The van der Waals surface area contributed by atoms with Gasteiger partial charge in [-0.3, -0.25) is 4.79 Å². The summed E-state index contributed by atoms with van der Waals surface area (Å²) in [5.74, 6) is -0.168. The molecule has 25 heavy (non-hydrogen) atoms. The van der Waals surface area contributed by atoms with Gasteiger partial charge in [0, 0.05) is 25.1 Å².